The van der Waals surface area contributed by atoms with Crippen LogP contribution in [0.25, 0.3) is 0 Å². The lowest BCUT2D eigenvalue weighted by atomic mass is 10.2. The molecule has 1 amide bonds. The van der Waals surface area contributed by atoms with Crippen LogP contribution in [0.3, 0.4) is 0 Å². The van der Waals surface area contributed by atoms with Crippen molar-refractivity contribution in [2.45, 2.75) is 0 Å². The zero-order valence-electron chi connectivity index (χ0n) is 7.17. The second-order valence-electron chi connectivity index (χ2n) is 2.97. The number of anilines is 2. The van der Waals surface area contributed by atoms with E-state index in [9.17, 15) is 9.18 Å². The fourth-order valence-corrected chi connectivity index (χ4v) is 1.36. The Kier molecular flexibility index (Phi) is 1.69. The summed E-state index contributed by atoms with van der Waals surface area (Å²) in [7, 11) is 1.64. The minimum absolute atomic E-state index is 0.0573. The van der Waals surface area contributed by atoms with Crippen LogP contribution in [0.2, 0.25) is 0 Å². The Bertz CT molecular complexity index is 365. The van der Waals surface area contributed by atoms with Crippen molar-refractivity contribution in [1.29, 1.82) is 0 Å². The molecule has 0 fully saturated rings. The number of nitrogens with zero attached hydrogens (tertiary/aromatic N) is 1. The van der Waals surface area contributed by atoms with Crippen molar-refractivity contribution >= 4 is 17.3 Å². The maximum absolute atomic E-state index is 12.8. The van der Waals surface area contributed by atoms with Gasteiger partial charge in [0.2, 0.25) is 5.91 Å². The summed E-state index contributed by atoms with van der Waals surface area (Å²) >= 11 is 0. The van der Waals surface area contributed by atoms with E-state index in [0.717, 1.165) is 5.69 Å². The van der Waals surface area contributed by atoms with E-state index in [-0.39, 0.29) is 18.3 Å². The van der Waals surface area contributed by atoms with Crippen molar-refractivity contribution in [2.75, 3.05) is 23.8 Å². The second kappa shape index (κ2) is 2.73. The summed E-state index contributed by atoms with van der Waals surface area (Å²) < 4.78 is 12.8. The van der Waals surface area contributed by atoms with E-state index < -0.39 is 0 Å². The van der Waals surface area contributed by atoms with Gasteiger partial charge in [-0.2, -0.15) is 0 Å². The monoisotopic (exact) mass is 180 g/mol. The van der Waals surface area contributed by atoms with Crippen LogP contribution in [0.5, 0.6) is 0 Å². The van der Waals surface area contributed by atoms with E-state index in [2.05, 4.69) is 5.32 Å². The van der Waals surface area contributed by atoms with E-state index in [0.29, 0.717) is 5.69 Å². The molecule has 3 nitrogen and oxygen atoms in total. The summed E-state index contributed by atoms with van der Waals surface area (Å²) in [5.74, 6) is -0.389. The van der Waals surface area contributed by atoms with Gasteiger partial charge in [0.15, 0.2) is 0 Å². The van der Waals surface area contributed by atoms with Gasteiger partial charge in [-0.05, 0) is 18.2 Å². The first-order valence-electron chi connectivity index (χ1n) is 3.98. The molecule has 13 heavy (non-hydrogen) atoms. The summed E-state index contributed by atoms with van der Waals surface area (Å²) in [4.78, 5) is 12.7. The molecule has 0 saturated carbocycles. The first-order valence-corrected chi connectivity index (χ1v) is 3.98. The molecule has 0 saturated heterocycles. The molecule has 68 valence electrons. The lowest BCUT2D eigenvalue weighted by molar-refractivity contribution is -0.116. The molecule has 1 heterocycles. The lowest BCUT2D eigenvalue weighted by Crippen LogP contribution is -2.36. The average Bonchev–Trinajstić information content (AvgIpc) is 2.12. The van der Waals surface area contributed by atoms with Crippen LogP contribution in [0.1, 0.15) is 0 Å². The molecule has 0 unspecified atom stereocenters. The Hall–Kier alpha value is -1.58. The molecule has 0 spiro atoms. The van der Waals surface area contributed by atoms with Crippen molar-refractivity contribution in [1.82, 2.24) is 0 Å². The smallest absolute Gasteiger partial charge is 0.246 e. The first kappa shape index (κ1) is 8.04. The summed E-state index contributed by atoms with van der Waals surface area (Å²) in [5, 5.41) is 2.91. The molecule has 1 aromatic carbocycles. The lowest BCUT2D eigenvalue weighted by Gasteiger charge is -2.26. The van der Waals surface area contributed by atoms with Gasteiger partial charge < -0.3 is 10.2 Å². The average molecular weight is 180 g/mol. The third kappa shape index (κ3) is 1.24. The molecule has 0 aromatic heterocycles. The Labute approximate surface area is 75.2 Å². The highest BCUT2D eigenvalue weighted by molar-refractivity contribution is 6.02. The summed E-state index contributed by atoms with van der Waals surface area (Å²) in [5.41, 5.74) is 1.39. The van der Waals surface area contributed by atoms with E-state index in [1.54, 1.807) is 13.1 Å². The topological polar surface area (TPSA) is 32.3 Å². The number of carbonyl (C=O) groups is 1. The van der Waals surface area contributed by atoms with Crippen molar-refractivity contribution in [3.8, 4) is 0 Å². The van der Waals surface area contributed by atoms with Gasteiger partial charge in [-0.3, -0.25) is 4.79 Å². The van der Waals surface area contributed by atoms with Crippen molar-refractivity contribution in [3.05, 3.63) is 24.0 Å². The highest BCUT2D eigenvalue weighted by atomic mass is 19.1. The Balaban J connectivity index is 2.51. The predicted octanol–water partition coefficient (Wildman–Crippen LogP) is 1.21. The minimum atomic E-state index is -0.331. The summed E-state index contributed by atoms with van der Waals surface area (Å²) in [6, 6.07) is 4.35. The minimum Gasteiger partial charge on any atom is -0.374 e. The van der Waals surface area contributed by atoms with Gasteiger partial charge in [-0.25, -0.2) is 4.39 Å². The number of hydrogen-bond acceptors (Lipinski definition) is 2. The normalized spacial score (nSPS) is 15.2. The SMILES string of the molecule is CN1C(=O)CNc2ccc(F)cc21. The molecular weight excluding hydrogens is 171 g/mol. The molecule has 1 aromatic rings. The van der Waals surface area contributed by atoms with Crippen LogP contribution in [0.4, 0.5) is 15.8 Å². The van der Waals surface area contributed by atoms with Crippen molar-refractivity contribution < 1.29 is 9.18 Å². The molecular formula is C9H9FN2O. The summed E-state index contributed by atoms with van der Waals surface area (Å²) in [6.07, 6.45) is 0. The van der Waals surface area contributed by atoms with Gasteiger partial charge in [0.05, 0.1) is 17.9 Å². The molecule has 0 aliphatic carbocycles. The molecule has 0 bridgehead atoms. The predicted molar refractivity (Wildman–Crippen MR) is 48.3 cm³/mol. The fraction of sp³-hybridized carbons (Fsp3) is 0.222. The largest absolute Gasteiger partial charge is 0.374 e. The zero-order chi connectivity index (χ0) is 9.42. The van der Waals surface area contributed by atoms with Crippen LogP contribution in [0, 0.1) is 5.82 Å². The number of likely N-dealkylation sites (N-methyl/N-ethyl adjacent to an activating group) is 1. The highest BCUT2D eigenvalue weighted by Gasteiger charge is 2.20. The van der Waals surface area contributed by atoms with E-state index in [1.165, 1.54) is 17.0 Å². The van der Waals surface area contributed by atoms with Gasteiger partial charge >= 0.3 is 0 Å². The highest BCUT2D eigenvalue weighted by Crippen LogP contribution is 2.28. The quantitative estimate of drug-likeness (QED) is 0.651. The number of amides is 1. The third-order valence-corrected chi connectivity index (χ3v) is 2.13. The molecule has 0 atom stereocenters. The standard InChI is InChI=1S/C9H9FN2O/c1-12-8-4-6(10)2-3-7(8)11-5-9(12)13/h2-4,11H,5H2,1H3. The van der Waals surface area contributed by atoms with Crippen LogP contribution < -0.4 is 10.2 Å². The molecule has 0 radical (unpaired) electrons. The number of nitrogens with one attached hydrogen (secondary N) is 1. The molecule has 4 heteroatoms. The van der Waals surface area contributed by atoms with Gasteiger partial charge in [-0.15, -0.1) is 0 Å². The molecule has 1 N–H and O–H groups in total. The number of fused-ring (bicyclic) bond motifs is 1. The van der Waals surface area contributed by atoms with E-state index in [1.807, 2.05) is 0 Å². The zero-order valence-corrected chi connectivity index (χ0v) is 7.17. The third-order valence-electron chi connectivity index (χ3n) is 2.13. The van der Waals surface area contributed by atoms with Gasteiger partial charge in [-0.1, -0.05) is 0 Å². The number of rotatable bonds is 0. The summed E-state index contributed by atoms with van der Waals surface area (Å²) in [6.45, 7) is 0.273. The Morgan fingerprint density at radius 3 is 3.08 bits per heavy atom. The Morgan fingerprint density at radius 2 is 2.31 bits per heavy atom. The van der Waals surface area contributed by atoms with Crippen LogP contribution in [-0.2, 0) is 4.79 Å². The van der Waals surface area contributed by atoms with Crippen molar-refractivity contribution in [2.24, 2.45) is 0 Å². The molecule has 2 rings (SSSR count). The van der Waals surface area contributed by atoms with E-state index >= 15 is 0 Å². The van der Waals surface area contributed by atoms with E-state index in [4.69, 9.17) is 0 Å². The van der Waals surface area contributed by atoms with Crippen LogP contribution in [0.15, 0.2) is 18.2 Å². The van der Waals surface area contributed by atoms with Gasteiger partial charge in [0.1, 0.15) is 5.82 Å². The number of benzene rings is 1. The number of halogens is 1. The van der Waals surface area contributed by atoms with Crippen LogP contribution in [-0.4, -0.2) is 19.5 Å². The first-order chi connectivity index (χ1) is 6.18. The second-order valence-corrected chi connectivity index (χ2v) is 2.97. The van der Waals surface area contributed by atoms with Crippen LogP contribution >= 0.6 is 0 Å². The fourth-order valence-electron chi connectivity index (χ4n) is 1.36. The maximum Gasteiger partial charge on any atom is 0.246 e. The molecule has 1 aliphatic rings. The number of hydrogen-bond donors (Lipinski definition) is 1. The van der Waals surface area contributed by atoms with Gasteiger partial charge in [0, 0.05) is 7.05 Å². The Morgan fingerprint density at radius 1 is 1.54 bits per heavy atom. The van der Waals surface area contributed by atoms with Crippen molar-refractivity contribution in [3.63, 3.8) is 0 Å². The van der Waals surface area contributed by atoms with Gasteiger partial charge in [0.25, 0.3) is 0 Å². The maximum atomic E-state index is 12.8. The number of carbonyl (C=O) groups excluding carboxylic acids is 1. The molecule has 1 aliphatic heterocycles.